The molecule has 1 aromatic heterocycles. The van der Waals surface area contributed by atoms with Crippen molar-refractivity contribution in [2.75, 3.05) is 19.6 Å². The summed E-state index contributed by atoms with van der Waals surface area (Å²) in [5.74, 6) is 0. The molecule has 0 bridgehead atoms. The van der Waals surface area contributed by atoms with Crippen LogP contribution in [-0.2, 0) is 6.42 Å². The number of nitrogens with one attached hydrogen (secondary N) is 2. The van der Waals surface area contributed by atoms with E-state index in [4.69, 9.17) is 0 Å². The normalized spacial score (nSPS) is 17.7. The van der Waals surface area contributed by atoms with Crippen molar-refractivity contribution in [2.45, 2.75) is 12.5 Å². The van der Waals surface area contributed by atoms with E-state index in [1.54, 1.807) is 11.3 Å². The number of rotatable bonds is 4. The van der Waals surface area contributed by atoms with Gasteiger partial charge >= 0.3 is 0 Å². The molecular formula is C8H13N3S. The zero-order valence-corrected chi connectivity index (χ0v) is 7.73. The lowest BCUT2D eigenvalue weighted by atomic mass is 10.2. The molecule has 0 radical (unpaired) electrons. The van der Waals surface area contributed by atoms with Gasteiger partial charge in [0.05, 0.1) is 11.2 Å². The van der Waals surface area contributed by atoms with Crippen molar-refractivity contribution >= 4 is 11.3 Å². The maximum absolute atomic E-state index is 4.22. The van der Waals surface area contributed by atoms with Gasteiger partial charge < -0.3 is 10.6 Å². The highest BCUT2D eigenvalue weighted by Crippen LogP contribution is 2.01. The molecule has 1 aromatic rings. The summed E-state index contributed by atoms with van der Waals surface area (Å²) >= 11 is 1.67. The van der Waals surface area contributed by atoms with Gasteiger partial charge in [-0.1, -0.05) is 0 Å². The molecule has 1 fully saturated rings. The van der Waals surface area contributed by atoms with E-state index >= 15 is 0 Å². The third-order valence-corrected chi connectivity index (χ3v) is 2.71. The molecule has 1 saturated heterocycles. The maximum Gasteiger partial charge on any atom is 0.0794 e. The lowest BCUT2D eigenvalue weighted by Crippen LogP contribution is -2.55. The lowest BCUT2D eigenvalue weighted by molar-refractivity contribution is 0.368. The SMILES string of the molecule is c1nc(CCNC2CNC2)cs1. The molecule has 12 heavy (non-hydrogen) atoms. The Morgan fingerprint density at radius 2 is 2.58 bits per heavy atom. The molecular weight excluding hydrogens is 170 g/mol. The monoisotopic (exact) mass is 183 g/mol. The first-order valence-electron chi connectivity index (χ1n) is 4.26. The standard InChI is InChI=1S/C8H13N3S/c1(7-5-12-6-11-7)2-10-8-3-9-4-8/h5-6,8-10H,1-4H2. The van der Waals surface area contributed by atoms with E-state index in [1.165, 1.54) is 5.69 Å². The smallest absolute Gasteiger partial charge is 0.0794 e. The number of thiazole rings is 1. The number of hydrogen-bond acceptors (Lipinski definition) is 4. The fourth-order valence-electron chi connectivity index (χ4n) is 1.20. The van der Waals surface area contributed by atoms with Crippen LogP contribution < -0.4 is 10.6 Å². The Balaban J connectivity index is 1.62. The zero-order valence-electron chi connectivity index (χ0n) is 6.92. The predicted octanol–water partition coefficient (Wildman–Crippen LogP) is 0.247. The van der Waals surface area contributed by atoms with Gasteiger partial charge in [0.15, 0.2) is 0 Å². The van der Waals surface area contributed by atoms with E-state index in [1.807, 2.05) is 5.51 Å². The van der Waals surface area contributed by atoms with Crippen LogP contribution in [0.4, 0.5) is 0 Å². The van der Waals surface area contributed by atoms with Crippen LogP contribution in [0, 0.1) is 0 Å². The highest BCUT2D eigenvalue weighted by molar-refractivity contribution is 7.07. The summed E-state index contributed by atoms with van der Waals surface area (Å²) in [4.78, 5) is 4.22. The minimum Gasteiger partial charge on any atom is -0.314 e. The van der Waals surface area contributed by atoms with Crippen molar-refractivity contribution in [3.8, 4) is 0 Å². The van der Waals surface area contributed by atoms with Gasteiger partial charge in [-0.25, -0.2) is 4.98 Å². The minimum absolute atomic E-state index is 0.698. The minimum atomic E-state index is 0.698. The van der Waals surface area contributed by atoms with Gasteiger partial charge in [-0.3, -0.25) is 0 Å². The number of aromatic nitrogens is 1. The summed E-state index contributed by atoms with van der Waals surface area (Å²) < 4.78 is 0. The molecule has 0 aromatic carbocycles. The van der Waals surface area contributed by atoms with Gasteiger partial charge in [0, 0.05) is 37.5 Å². The van der Waals surface area contributed by atoms with E-state index in [9.17, 15) is 0 Å². The molecule has 2 rings (SSSR count). The van der Waals surface area contributed by atoms with Crippen molar-refractivity contribution < 1.29 is 0 Å². The summed E-state index contributed by atoms with van der Waals surface area (Å²) in [5, 5.41) is 8.80. The quantitative estimate of drug-likeness (QED) is 0.702. The molecule has 66 valence electrons. The second-order valence-corrected chi connectivity index (χ2v) is 3.76. The van der Waals surface area contributed by atoms with E-state index < -0.39 is 0 Å². The van der Waals surface area contributed by atoms with Crippen LogP contribution in [0.3, 0.4) is 0 Å². The third kappa shape index (κ3) is 2.03. The Labute approximate surface area is 76.2 Å². The van der Waals surface area contributed by atoms with Gasteiger partial charge in [-0.2, -0.15) is 0 Å². The van der Waals surface area contributed by atoms with E-state index in [2.05, 4.69) is 21.0 Å². The van der Waals surface area contributed by atoms with E-state index in [0.29, 0.717) is 6.04 Å². The summed E-state index contributed by atoms with van der Waals surface area (Å²) in [6, 6.07) is 0.698. The lowest BCUT2D eigenvalue weighted by Gasteiger charge is -2.27. The van der Waals surface area contributed by atoms with Gasteiger partial charge in [0.1, 0.15) is 0 Å². The Hall–Kier alpha value is -0.450. The van der Waals surface area contributed by atoms with Crippen LogP contribution >= 0.6 is 11.3 Å². The second-order valence-electron chi connectivity index (χ2n) is 3.04. The molecule has 0 unspecified atom stereocenters. The molecule has 3 nitrogen and oxygen atoms in total. The molecule has 2 N–H and O–H groups in total. The summed E-state index contributed by atoms with van der Waals surface area (Å²) in [7, 11) is 0. The summed E-state index contributed by atoms with van der Waals surface area (Å²) in [5.41, 5.74) is 3.10. The molecule has 0 aliphatic carbocycles. The van der Waals surface area contributed by atoms with Crippen LogP contribution in [0.1, 0.15) is 5.69 Å². The van der Waals surface area contributed by atoms with Crippen LogP contribution in [-0.4, -0.2) is 30.7 Å². The maximum atomic E-state index is 4.22. The van der Waals surface area contributed by atoms with Crippen molar-refractivity contribution in [2.24, 2.45) is 0 Å². The molecule has 0 amide bonds. The Kier molecular flexibility index (Phi) is 2.71. The Bertz CT molecular complexity index is 218. The Morgan fingerprint density at radius 3 is 3.17 bits per heavy atom. The Morgan fingerprint density at radius 1 is 1.67 bits per heavy atom. The second kappa shape index (κ2) is 3.98. The van der Waals surface area contributed by atoms with Gasteiger partial charge in [0.2, 0.25) is 0 Å². The topological polar surface area (TPSA) is 37.0 Å². The first-order chi connectivity index (χ1) is 5.95. The fraction of sp³-hybridized carbons (Fsp3) is 0.625. The van der Waals surface area contributed by atoms with Crippen molar-refractivity contribution in [3.05, 3.63) is 16.6 Å². The zero-order chi connectivity index (χ0) is 8.23. The molecule has 4 heteroatoms. The average Bonchev–Trinajstić information content (AvgIpc) is 2.46. The largest absolute Gasteiger partial charge is 0.314 e. The third-order valence-electron chi connectivity index (χ3n) is 2.08. The molecule has 0 atom stereocenters. The van der Waals surface area contributed by atoms with Crippen LogP contribution in [0.15, 0.2) is 10.9 Å². The van der Waals surface area contributed by atoms with Gasteiger partial charge in [-0.05, 0) is 0 Å². The van der Waals surface area contributed by atoms with Crippen molar-refractivity contribution in [1.82, 2.24) is 15.6 Å². The molecule has 1 aliphatic heterocycles. The number of hydrogen-bond donors (Lipinski definition) is 2. The van der Waals surface area contributed by atoms with E-state index in [-0.39, 0.29) is 0 Å². The predicted molar refractivity (Wildman–Crippen MR) is 50.5 cm³/mol. The summed E-state index contributed by atoms with van der Waals surface area (Å²) in [6.07, 6.45) is 1.06. The highest BCUT2D eigenvalue weighted by atomic mass is 32.1. The van der Waals surface area contributed by atoms with Crippen LogP contribution in [0.2, 0.25) is 0 Å². The summed E-state index contributed by atoms with van der Waals surface area (Å²) in [6.45, 7) is 3.30. The van der Waals surface area contributed by atoms with Gasteiger partial charge in [-0.15, -0.1) is 11.3 Å². The molecule has 0 spiro atoms. The first kappa shape index (κ1) is 8.16. The fourth-order valence-corrected chi connectivity index (χ4v) is 1.79. The first-order valence-corrected chi connectivity index (χ1v) is 5.20. The van der Waals surface area contributed by atoms with Crippen LogP contribution in [0.25, 0.3) is 0 Å². The average molecular weight is 183 g/mol. The van der Waals surface area contributed by atoms with Crippen LogP contribution in [0.5, 0.6) is 0 Å². The van der Waals surface area contributed by atoms with Crippen molar-refractivity contribution in [1.29, 1.82) is 0 Å². The molecule has 2 heterocycles. The molecule has 0 saturated carbocycles. The molecule has 1 aliphatic rings. The number of nitrogens with zero attached hydrogens (tertiary/aromatic N) is 1. The van der Waals surface area contributed by atoms with Crippen molar-refractivity contribution in [3.63, 3.8) is 0 Å². The highest BCUT2D eigenvalue weighted by Gasteiger charge is 2.14. The van der Waals surface area contributed by atoms with Gasteiger partial charge in [0.25, 0.3) is 0 Å². The van der Waals surface area contributed by atoms with E-state index in [0.717, 1.165) is 26.1 Å².